The minimum Gasteiger partial charge on any atom is -0.303 e. The zero-order chi connectivity index (χ0) is 10.2. The van der Waals surface area contributed by atoms with E-state index in [0.29, 0.717) is 0 Å². The fourth-order valence-electron chi connectivity index (χ4n) is 1.23. The second-order valence-electron chi connectivity index (χ2n) is 2.73. The molecule has 2 rings (SSSR count). The first-order valence-corrected chi connectivity index (χ1v) is 5.51. The van der Waals surface area contributed by atoms with Crippen LogP contribution in [0.2, 0.25) is 0 Å². The first-order valence-electron chi connectivity index (χ1n) is 3.97. The predicted octanol–water partition coefficient (Wildman–Crippen LogP) is 1.83. The van der Waals surface area contributed by atoms with Gasteiger partial charge in [0.1, 0.15) is 16.9 Å². The van der Waals surface area contributed by atoms with Gasteiger partial charge in [0.2, 0.25) is 0 Å². The summed E-state index contributed by atoms with van der Waals surface area (Å²) < 4.78 is 47.6. The highest BCUT2D eigenvalue weighted by Crippen LogP contribution is 2.51. The summed E-state index contributed by atoms with van der Waals surface area (Å²) in [6.07, 6.45) is 0. The first kappa shape index (κ1) is 9.77. The normalized spacial score (nSPS) is 19.9. The van der Waals surface area contributed by atoms with Crippen molar-refractivity contribution in [3.63, 3.8) is 0 Å². The van der Waals surface area contributed by atoms with E-state index in [-0.39, 0.29) is 13.2 Å². The topological polar surface area (TPSA) is 35.5 Å². The molecule has 14 heavy (non-hydrogen) atoms. The molecule has 0 unspecified atom stereocenters. The molecule has 1 aromatic carbocycles. The number of hydrogen-bond donors (Lipinski definition) is 0. The van der Waals surface area contributed by atoms with Gasteiger partial charge in [-0.1, -0.05) is 6.07 Å². The molecule has 1 aliphatic rings. The molecule has 3 nitrogen and oxygen atoms in total. The van der Waals surface area contributed by atoms with Crippen LogP contribution < -0.4 is 5.30 Å². The SMILES string of the molecule is O=P1(c2c(F)cccc2F)OCCO1. The van der Waals surface area contributed by atoms with Crippen LogP contribution in [0.3, 0.4) is 0 Å². The van der Waals surface area contributed by atoms with Crippen molar-refractivity contribution in [2.24, 2.45) is 0 Å². The maximum atomic E-state index is 13.2. The van der Waals surface area contributed by atoms with E-state index >= 15 is 0 Å². The van der Waals surface area contributed by atoms with Gasteiger partial charge in [-0.15, -0.1) is 0 Å². The second kappa shape index (κ2) is 3.42. The van der Waals surface area contributed by atoms with Crippen LogP contribution in [0, 0.1) is 11.6 Å². The Hall–Kier alpha value is -0.770. The summed E-state index contributed by atoms with van der Waals surface area (Å²) in [5.74, 6) is -1.81. The van der Waals surface area contributed by atoms with Crippen LogP contribution in [0.1, 0.15) is 0 Å². The number of rotatable bonds is 1. The Morgan fingerprint density at radius 2 is 1.64 bits per heavy atom. The van der Waals surface area contributed by atoms with Crippen LogP contribution in [-0.2, 0) is 13.6 Å². The lowest BCUT2D eigenvalue weighted by Gasteiger charge is -2.10. The lowest BCUT2D eigenvalue weighted by molar-refractivity contribution is 0.362. The minimum absolute atomic E-state index is 0.0883. The Bertz CT molecular complexity index is 377. The van der Waals surface area contributed by atoms with Crippen molar-refractivity contribution in [2.45, 2.75) is 0 Å². The Morgan fingerprint density at radius 1 is 1.14 bits per heavy atom. The minimum atomic E-state index is -3.75. The van der Waals surface area contributed by atoms with Crippen LogP contribution in [0.15, 0.2) is 18.2 Å². The molecule has 1 aromatic rings. The molecule has 0 bridgehead atoms. The molecule has 0 amide bonds. The average molecular weight is 220 g/mol. The van der Waals surface area contributed by atoms with E-state index in [4.69, 9.17) is 9.05 Å². The van der Waals surface area contributed by atoms with Crippen molar-refractivity contribution in [3.8, 4) is 0 Å². The average Bonchev–Trinajstić information content (AvgIpc) is 2.52. The van der Waals surface area contributed by atoms with E-state index in [2.05, 4.69) is 0 Å². The highest BCUT2D eigenvalue weighted by molar-refractivity contribution is 7.62. The summed E-state index contributed by atoms with van der Waals surface area (Å²) in [5.41, 5.74) is 0. The summed E-state index contributed by atoms with van der Waals surface area (Å²) >= 11 is 0. The summed E-state index contributed by atoms with van der Waals surface area (Å²) in [4.78, 5) is 0. The van der Waals surface area contributed by atoms with E-state index in [1.54, 1.807) is 0 Å². The van der Waals surface area contributed by atoms with Gasteiger partial charge in [0.25, 0.3) is 0 Å². The standard InChI is InChI=1S/C8H7F2O3P/c9-6-2-1-3-7(10)8(6)14(11)12-4-5-13-14/h1-3H,4-5H2. The van der Waals surface area contributed by atoms with Gasteiger partial charge < -0.3 is 9.05 Å². The highest BCUT2D eigenvalue weighted by atomic mass is 31.2. The van der Waals surface area contributed by atoms with Gasteiger partial charge in [-0.05, 0) is 12.1 Å². The molecule has 0 atom stereocenters. The molecule has 0 N–H and O–H groups in total. The monoisotopic (exact) mass is 220 g/mol. The zero-order valence-corrected chi connectivity index (χ0v) is 7.97. The quantitative estimate of drug-likeness (QED) is 0.677. The smallest absolute Gasteiger partial charge is 0.303 e. The van der Waals surface area contributed by atoms with Crippen molar-refractivity contribution in [1.29, 1.82) is 0 Å². The van der Waals surface area contributed by atoms with Gasteiger partial charge in [0.05, 0.1) is 13.2 Å². The molecular formula is C8H7F2O3P. The molecule has 0 spiro atoms. The van der Waals surface area contributed by atoms with Crippen molar-refractivity contribution in [2.75, 3.05) is 13.2 Å². The first-order chi connectivity index (χ1) is 6.63. The van der Waals surface area contributed by atoms with Crippen molar-refractivity contribution in [1.82, 2.24) is 0 Å². The Morgan fingerprint density at radius 3 is 2.14 bits per heavy atom. The molecular weight excluding hydrogens is 213 g/mol. The van der Waals surface area contributed by atoms with E-state index in [1.807, 2.05) is 0 Å². The molecule has 1 aliphatic heterocycles. The third-order valence-corrected chi connectivity index (χ3v) is 3.84. The largest absolute Gasteiger partial charge is 0.367 e. The van der Waals surface area contributed by atoms with Gasteiger partial charge in [0, 0.05) is 0 Å². The van der Waals surface area contributed by atoms with Gasteiger partial charge in [-0.25, -0.2) is 8.78 Å². The maximum absolute atomic E-state index is 13.2. The van der Waals surface area contributed by atoms with Crippen molar-refractivity contribution >= 4 is 12.9 Å². The lowest BCUT2D eigenvalue weighted by Crippen LogP contribution is -2.14. The molecule has 1 fully saturated rings. The summed E-state index contributed by atoms with van der Waals surface area (Å²) in [6.45, 7) is 0.177. The molecule has 1 saturated heterocycles. The molecule has 0 aromatic heterocycles. The molecule has 1 heterocycles. The van der Waals surface area contributed by atoms with Gasteiger partial charge in [-0.3, -0.25) is 4.57 Å². The van der Waals surface area contributed by atoms with Crippen LogP contribution in [0.4, 0.5) is 8.78 Å². The molecule has 0 saturated carbocycles. The lowest BCUT2D eigenvalue weighted by atomic mass is 10.3. The van der Waals surface area contributed by atoms with E-state index in [1.165, 1.54) is 6.07 Å². The number of halogens is 2. The van der Waals surface area contributed by atoms with Gasteiger partial charge in [0.15, 0.2) is 0 Å². The third kappa shape index (κ3) is 1.47. The number of benzene rings is 1. The van der Waals surface area contributed by atoms with Crippen molar-refractivity contribution in [3.05, 3.63) is 29.8 Å². The summed E-state index contributed by atoms with van der Waals surface area (Å²) in [7, 11) is -3.75. The fraction of sp³-hybridized carbons (Fsp3) is 0.250. The molecule has 76 valence electrons. The Labute approximate surface area is 79.2 Å². The predicted molar refractivity (Wildman–Crippen MR) is 45.5 cm³/mol. The summed E-state index contributed by atoms with van der Waals surface area (Å²) in [5, 5.41) is -0.600. The maximum Gasteiger partial charge on any atom is 0.367 e. The summed E-state index contributed by atoms with van der Waals surface area (Å²) in [6, 6.07) is 3.22. The highest BCUT2D eigenvalue weighted by Gasteiger charge is 2.37. The van der Waals surface area contributed by atoms with Crippen LogP contribution >= 0.6 is 7.60 Å². The Balaban J connectivity index is 2.55. The molecule has 0 radical (unpaired) electrons. The van der Waals surface area contributed by atoms with E-state index < -0.39 is 24.5 Å². The van der Waals surface area contributed by atoms with Crippen LogP contribution in [0.5, 0.6) is 0 Å². The van der Waals surface area contributed by atoms with E-state index in [9.17, 15) is 13.3 Å². The second-order valence-corrected chi connectivity index (χ2v) is 4.69. The van der Waals surface area contributed by atoms with E-state index in [0.717, 1.165) is 12.1 Å². The zero-order valence-electron chi connectivity index (χ0n) is 7.07. The fourth-order valence-corrected chi connectivity index (χ4v) is 2.87. The third-order valence-electron chi connectivity index (χ3n) is 1.82. The number of hydrogen-bond acceptors (Lipinski definition) is 3. The molecule has 6 heteroatoms. The Kier molecular flexibility index (Phi) is 2.39. The van der Waals surface area contributed by atoms with Crippen LogP contribution in [-0.4, -0.2) is 13.2 Å². The van der Waals surface area contributed by atoms with Gasteiger partial charge >= 0.3 is 7.60 Å². The van der Waals surface area contributed by atoms with Crippen LogP contribution in [0.25, 0.3) is 0 Å². The molecule has 0 aliphatic carbocycles. The van der Waals surface area contributed by atoms with Crippen molar-refractivity contribution < 1.29 is 22.4 Å². The van der Waals surface area contributed by atoms with Gasteiger partial charge in [-0.2, -0.15) is 0 Å².